The van der Waals surface area contributed by atoms with Gasteiger partial charge in [-0.3, -0.25) is 0 Å². The Bertz CT molecular complexity index is 969. The smallest absolute Gasteiger partial charge is 0.338 e. The lowest BCUT2D eigenvalue weighted by molar-refractivity contribution is 0.0465. The van der Waals surface area contributed by atoms with Crippen LogP contribution in [0.15, 0.2) is 36.5 Å². The van der Waals surface area contributed by atoms with Crippen molar-refractivity contribution in [1.29, 1.82) is 0 Å². The predicted molar refractivity (Wildman–Crippen MR) is 109 cm³/mol. The van der Waals surface area contributed by atoms with Crippen molar-refractivity contribution in [2.24, 2.45) is 0 Å². The average Bonchev–Trinajstić information content (AvgIpc) is 3.03. The highest BCUT2D eigenvalue weighted by Gasteiger charge is 2.20. The first kappa shape index (κ1) is 20.5. The fourth-order valence-corrected chi connectivity index (χ4v) is 3.06. The Labute approximate surface area is 170 Å². The number of aromatic nitrogens is 2. The minimum absolute atomic E-state index is 0.108. The number of carbonyl (C=O) groups excluding carboxylic acids is 1. The molecule has 2 heterocycles. The first-order valence-corrected chi connectivity index (χ1v) is 9.75. The van der Waals surface area contributed by atoms with E-state index in [4.69, 9.17) is 18.9 Å². The molecule has 0 N–H and O–H groups in total. The Morgan fingerprint density at radius 2 is 1.66 bits per heavy atom. The molecular formula is C22H26N2O5. The molecule has 7 nitrogen and oxygen atoms in total. The molecule has 0 saturated heterocycles. The molecule has 0 unspecified atom stereocenters. The monoisotopic (exact) mass is 398 g/mol. The number of esters is 1. The summed E-state index contributed by atoms with van der Waals surface area (Å²) in [6, 6.07) is 8.99. The molecule has 3 rings (SSSR count). The van der Waals surface area contributed by atoms with E-state index in [2.05, 4.69) is 4.98 Å². The van der Waals surface area contributed by atoms with Gasteiger partial charge in [-0.2, -0.15) is 0 Å². The Hall–Kier alpha value is -3.22. The first-order valence-electron chi connectivity index (χ1n) is 9.75. The van der Waals surface area contributed by atoms with E-state index >= 15 is 0 Å². The van der Waals surface area contributed by atoms with E-state index in [1.807, 2.05) is 56.5 Å². The molecule has 0 radical (unpaired) electrons. The number of rotatable bonds is 9. The highest BCUT2D eigenvalue weighted by molar-refractivity contribution is 5.91. The summed E-state index contributed by atoms with van der Waals surface area (Å²) in [5.41, 5.74) is 2.80. The largest absolute Gasteiger partial charge is 0.490 e. The summed E-state index contributed by atoms with van der Waals surface area (Å²) >= 11 is 0. The van der Waals surface area contributed by atoms with Crippen molar-refractivity contribution in [3.05, 3.63) is 53.5 Å². The SMILES string of the molecule is CCOc1cc(C(=O)OCc2c(C)nc3ccccn23)cc(OCC)c1OCC. The highest BCUT2D eigenvalue weighted by atomic mass is 16.5. The third kappa shape index (κ3) is 4.45. The summed E-state index contributed by atoms with van der Waals surface area (Å²) in [5.74, 6) is 0.932. The molecule has 0 spiro atoms. The Kier molecular flexibility index (Phi) is 6.59. The van der Waals surface area contributed by atoms with Gasteiger partial charge in [-0.25, -0.2) is 9.78 Å². The lowest BCUT2D eigenvalue weighted by Gasteiger charge is -2.17. The van der Waals surface area contributed by atoms with E-state index in [1.165, 1.54) is 0 Å². The third-order valence-electron chi connectivity index (χ3n) is 4.31. The summed E-state index contributed by atoms with van der Waals surface area (Å²) in [7, 11) is 0. The van der Waals surface area contributed by atoms with Gasteiger partial charge in [0.15, 0.2) is 11.5 Å². The second kappa shape index (κ2) is 9.32. The number of ether oxygens (including phenoxy) is 4. The van der Waals surface area contributed by atoms with Crippen LogP contribution in [0, 0.1) is 6.92 Å². The molecule has 0 bridgehead atoms. The number of fused-ring (bicyclic) bond motifs is 1. The van der Waals surface area contributed by atoms with Crippen LogP contribution in [0.5, 0.6) is 17.2 Å². The molecule has 29 heavy (non-hydrogen) atoms. The van der Waals surface area contributed by atoms with E-state index < -0.39 is 5.97 Å². The number of pyridine rings is 1. The Balaban J connectivity index is 1.86. The Morgan fingerprint density at radius 3 is 2.28 bits per heavy atom. The van der Waals surface area contributed by atoms with E-state index in [-0.39, 0.29) is 6.61 Å². The molecular weight excluding hydrogens is 372 g/mol. The van der Waals surface area contributed by atoms with Crippen molar-refractivity contribution < 1.29 is 23.7 Å². The van der Waals surface area contributed by atoms with Gasteiger partial charge in [0.2, 0.25) is 5.75 Å². The number of benzene rings is 1. The third-order valence-corrected chi connectivity index (χ3v) is 4.31. The number of hydrogen-bond donors (Lipinski definition) is 0. The summed E-state index contributed by atoms with van der Waals surface area (Å²) < 4.78 is 24.5. The van der Waals surface area contributed by atoms with Gasteiger partial charge < -0.3 is 23.3 Å². The molecule has 7 heteroatoms. The van der Waals surface area contributed by atoms with Gasteiger partial charge >= 0.3 is 5.97 Å². The van der Waals surface area contributed by atoms with Crippen molar-refractivity contribution in [1.82, 2.24) is 9.38 Å². The summed E-state index contributed by atoms with van der Waals surface area (Å²) in [4.78, 5) is 17.3. The maximum absolute atomic E-state index is 12.8. The number of hydrogen-bond acceptors (Lipinski definition) is 6. The topological polar surface area (TPSA) is 71.3 Å². The highest BCUT2D eigenvalue weighted by Crippen LogP contribution is 2.39. The second-order valence-electron chi connectivity index (χ2n) is 6.25. The molecule has 2 aromatic heterocycles. The van der Waals surface area contributed by atoms with E-state index in [9.17, 15) is 4.79 Å². The molecule has 0 atom stereocenters. The van der Waals surface area contributed by atoms with Crippen LogP contribution in [-0.2, 0) is 11.3 Å². The second-order valence-corrected chi connectivity index (χ2v) is 6.25. The van der Waals surface area contributed by atoms with Gasteiger partial charge in [-0.1, -0.05) is 6.07 Å². The number of nitrogens with zero attached hydrogens (tertiary/aromatic N) is 2. The van der Waals surface area contributed by atoms with Crippen molar-refractivity contribution in [3.8, 4) is 17.2 Å². The number of imidazole rings is 1. The van der Waals surface area contributed by atoms with Crippen LogP contribution in [0.1, 0.15) is 42.5 Å². The molecule has 3 aromatic rings. The van der Waals surface area contributed by atoms with Crippen LogP contribution < -0.4 is 14.2 Å². The number of aryl methyl sites for hydroxylation is 1. The fraction of sp³-hybridized carbons (Fsp3) is 0.364. The van der Waals surface area contributed by atoms with E-state index in [1.54, 1.807) is 12.1 Å². The van der Waals surface area contributed by atoms with Crippen LogP contribution in [0.2, 0.25) is 0 Å². The van der Waals surface area contributed by atoms with Gasteiger partial charge in [0.05, 0.1) is 36.8 Å². The maximum Gasteiger partial charge on any atom is 0.338 e. The van der Waals surface area contributed by atoms with Crippen molar-refractivity contribution in [2.45, 2.75) is 34.3 Å². The standard InChI is InChI=1S/C22H26N2O5/c1-5-26-18-12-16(13-19(27-6-2)21(18)28-7-3)22(25)29-14-17-15(4)23-20-10-8-9-11-24(17)20/h8-13H,5-7,14H2,1-4H3. The molecule has 154 valence electrons. The zero-order valence-electron chi connectivity index (χ0n) is 17.2. The van der Waals surface area contributed by atoms with Gasteiger partial charge in [0.1, 0.15) is 12.3 Å². The van der Waals surface area contributed by atoms with Crippen LogP contribution in [0.3, 0.4) is 0 Å². The van der Waals surface area contributed by atoms with Crippen molar-refractivity contribution >= 4 is 11.6 Å². The van der Waals surface area contributed by atoms with Gasteiger partial charge in [0.25, 0.3) is 0 Å². The average molecular weight is 398 g/mol. The van der Waals surface area contributed by atoms with E-state index in [0.717, 1.165) is 17.0 Å². The van der Waals surface area contributed by atoms with Gasteiger partial charge in [-0.15, -0.1) is 0 Å². The van der Waals surface area contributed by atoms with Gasteiger partial charge in [-0.05, 0) is 52.0 Å². The normalized spacial score (nSPS) is 10.8. The summed E-state index contributed by atoms with van der Waals surface area (Å²) in [5, 5.41) is 0. The quantitative estimate of drug-likeness (QED) is 0.503. The number of carbonyl (C=O) groups is 1. The molecule has 0 aliphatic heterocycles. The molecule has 0 fully saturated rings. The molecule has 0 amide bonds. The van der Waals surface area contributed by atoms with Crippen LogP contribution >= 0.6 is 0 Å². The van der Waals surface area contributed by atoms with Crippen LogP contribution in [0.4, 0.5) is 0 Å². The molecule has 1 aromatic carbocycles. The molecule has 0 aliphatic carbocycles. The maximum atomic E-state index is 12.8. The van der Waals surface area contributed by atoms with Crippen LogP contribution in [-0.4, -0.2) is 35.2 Å². The van der Waals surface area contributed by atoms with Crippen molar-refractivity contribution in [2.75, 3.05) is 19.8 Å². The van der Waals surface area contributed by atoms with Gasteiger partial charge in [0, 0.05) is 6.20 Å². The zero-order valence-corrected chi connectivity index (χ0v) is 17.2. The minimum atomic E-state index is -0.472. The summed E-state index contributed by atoms with van der Waals surface area (Å²) in [6.07, 6.45) is 1.90. The lowest BCUT2D eigenvalue weighted by atomic mass is 10.2. The fourth-order valence-electron chi connectivity index (χ4n) is 3.06. The van der Waals surface area contributed by atoms with Crippen LogP contribution in [0.25, 0.3) is 5.65 Å². The Morgan fingerprint density at radius 1 is 1.00 bits per heavy atom. The predicted octanol–water partition coefficient (Wildman–Crippen LogP) is 4.20. The lowest BCUT2D eigenvalue weighted by Crippen LogP contribution is -2.10. The minimum Gasteiger partial charge on any atom is -0.490 e. The zero-order chi connectivity index (χ0) is 20.8. The first-order chi connectivity index (χ1) is 14.1. The molecule has 0 aliphatic rings. The van der Waals surface area contributed by atoms with Crippen molar-refractivity contribution in [3.63, 3.8) is 0 Å². The summed E-state index contributed by atoms with van der Waals surface area (Å²) in [6.45, 7) is 8.95. The van der Waals surface area contributed by atoms with E-state index in [0.29, 0.717) is 42.6 Å². The molecule has 0 saturated carbocycles.